The average molecular weight is 293 g/mol. The summed E-state index contributed by atoms with van der Waals surface area (Å²) >= 11 is 0. The number of hydrogen-bond acceptors (Lipinski definition) is 3. The van der Waals surface area contributed by atoms with E-state index < -0.39 is 0 Å². The molecule has 0 aromatic carbocycles. The van der Waals surface area contributed by atoms with Gasteiger partial charge in [0.25, 0.3) is 0 Å². The van der Waals surface area contributed by atoms with E-state index in [1.54, 1.807) is 0 Å². The summed E-state index contributed by atoms with van der Waals surface area (Å²) in [5.41, 5.74) is -0.0800. The lowest BCUT2D eigenvalue weighted by molar-refractivity contribution is -0.190. The molecule has 0 aromatic heterocycles. The summed E-state index contributed by atoms with van der Waals surface area (Å²) in [7, 11) is 0. The van der Waals surface area contributed by atoms with Crippen molar-refractivity contribution in [3.05, 3.63) is 0 Å². The first-order valence-electron chi connectivity index (χ1n) is 8.98. The van der Waals surface area contributed by atoms with E-state index in [0.29, 0.717) is 0 Å². The molecule has 3 nitrogen and oxygen atoms in total. The number of nitrogens with zero attached hydrogens (tertiary/aromatic N) is 1. The van der Waals surface area contributed by atoms with Crippen LogP contribution in [0.25, 0.3) is 0 Å². The van der Waals surface area contributed by atoms with E-state index in [4.69, 9.17) is 4.74 Å². The van der Waals surface area contributed by atoms with Crippen LogP contribution in [0.15, 0.2) is 0 Å². The molecule has 4 bridgehead atoms. The Hall–Kier alpha value is -0.570. The van der Waals surface area contributed by atoms with Crippen molar-refractivity contribution in [1.29, 1.82) is 0 Å². The monoisotopic (exact) mass is 293 g/mol. The Morgan fingerprint density at radius 2 is 1.57 bits per heavy atom. The molecule has 0 aliphatic heterocycles. The van der Waals surface area contributed by atoms with E-state index in [1.807, 2.05) is 6.92 Å². The quantitative estimate of drug-likeness (QED) is 0.702. The first-order chi connectivity index (χ1) is 10.0. The van der Waals surface area contributed by atoms with Crippen molar-refractivity contribution in [2.24, 2.45) is 23.7 Å². The zero-order chi connectivity index (χ0) is 15.0. The van der Waals surface area contributed by atoms with Crippen LogP contribution in [0.1, 0.15) is 59.3 Å². The molecule has 21 heavy (non-hydrogen) atoms. The van der Waals surface area contributed by atoms with Gasteiger partial charge >= 0.3 is 5.97 Å². The molecule has 4 aliphatic carbocycles. The van der Waals surface area contributed by atoms with Gasteiger partial charge in [0.15, 0.2) is 0 Å². The van der Waals surface area contributed by atoms with Crippen molar-refractivity contribution in [2.75, 3.05) is 19.6 Å². The third kappa shape index (κ3) is 3.13. The molecular formula is C18H31NO2. The largest absolute Gasteiger partial charge is 0.459 e. The fraction of sp³-hybridized carbons (Fsp3) is 0.944. The minimum atomic E-state index is -0.0800. The first-order valence-corrected chi connectivity index (χ1v) is 8.98. The highest BCUT2D eigenvalue weighted by atomic mass is 16.6. The molecule has 4 aliphatic rings. The van der Waals surface area contributed by atoms with Gasteiger partial charge in [-0.1, -0.05) is 20.8 Å². The molecule has 1 atom stereocenters. The Balaban J connectivity index is 1.59. The standard InChI is InChI=1S/C18H31NO2/c1-4-19(5-2)12-13(3)17(20)21-18-9-14-6-15(10-18)8-16(7-14)11-18/h13-16H,4-12H2,1-3H3. The summed E-state index contributed by atoms with van der Waals surface area (Å²) in [6.07, 6.45) is 7.61. The molecule has 0 radical (unpaired) electrons. The van der Waals surface area contributed by atoms with Crippen LogP contribution in [-0.4, -0.2) is 36.1 Å². The first kappa shape index (κ1) is 15.3. The fourth-order valence-electron chi connectivity index (χ4n) is 5.41. The normalized spacial score (nSPS) is 38.8. The lowest BCUT2D eigenvalue weighted by Crippen LogP contribution is -2.53. The predicted octanol–water partition coefficient (Wildman–Crippen LogP) is 3.48. The van der Waals surface area contributed by atoms with Gasteiger partial charge in [-0.15, -0.1) is 0 Å². The summed E-state index contributed by atoms with van der Waals surface area (Å²) in [6.45, 7) is 9.18. The molecule has 4 saturated carbocycles. The van der Waals surface area contributed by atoms with Crippen LogP contribution in [0.2, 0.25) is 0 Å². The molecule has 4 fully saturated rings. The summed E-state index contributed by atoms with van der Waals surface area (Å²) in [5, 5.41) is 0. The number of carbonyl (C=O) groups excluding carboxylic acids is 1. The Morgan fingerprint density at radius 3 is 2.00 bits per heavy atom. The second-order valence-corrected chi connectivity index (χ2v) is 7.91. The average Bonchev–Trinajstić information content (AvgIpc) is 2.42. The lowest BCUT2D eigenvalue weighted by atomic mass is 9.54. The van der Waals surface area contributed by atoms with Gasteiger partial charge in [-0.05, 0) is 69.4 Å². The Kier molecular flexibility index (Phi) is 4.31. The zero-order valence-electron chi connectivity index (χ0n) is 13.9. The molecule has 120 valence electrons. The topological polar surface area (TPSA) is 29.5 Å². The van der Waals surface area contributed by atoms with Gasteiger partial charge in [0.1, 0.15) is 5.60 Å². The highest BCUT2D eigenvalue weighted by Crippen LogP contribution is 2.57. The minimum absolute atomic E-state index is 0.00194. The molecule has 1 unspecified atom stereocenters. The summed E-state index contributed by atoms with van der Waals surface area (Å²) < 4.78 is 6.14. The van der Waals surface area contributed by atoms with Gasteiger partial charge in [0.05, 0.1) is 5.92 Å². The number of carbonyl (C=O) groups is 1. The molecule has 0 amide bonds. The Labute approximate surface area is 129 Å². The van der Waals surface area contributed by atoms with Gasteiger partial charge in [-0.3, -0.25) is 4.79 Å². The highest BCUT2D eigenvalue weighted by molar-refractivity contribution is 5.72. The maximum atomic E-state index is 12.5. The van der Waals surface area contributed by atoms with E-state index in [2.05, 4.69) is 18.7 Å². The summed E-state index contributed by atoms with van der Waals surface area (Å²) in [5.74, 6) is 2.55. The van der Waals surface area contributed by atoms with Crippen molar-refractivity contribution in [3.63, 3.8) is 0 Å². The molecule has 0 spiro atoms. The molecule has 4 rings (SSSR count). The van der Waals surface area contributed by atoms with Crippen molar-refractivity contribution in [1.82, 2.24) is 4.90 Å². The second kappa shape index (κ2) is 5.91. The number of esters is 1. The third-order valence-electron chi connectivity index (χ3n) is 6.13. The van der Waals surface area contributed by atoms with Crippen molar-refractivity contribution >= 4 is 5.97 Å². The second-order valence-electron chi connectivity index (χ2n) is 7.91. The molecule has 0 saturated heterocycles. The summed E-state index contributed by atoms with van der Waals surface area (Å²) in [4.78, 5) is 14.9. The van der Waals surface area contributed by atoms with Crippen LogP contribution in [-0.2, 0) is 9.53 Å². The maximum absolute atomic E-state index is 12.5. The number of hydrogen-bond donors (Lipinski definition) is 0. The number of rotatable bonds is 6. The molecule has 0 aromatic rings. The minimum Gasteiger partial charge on any atom is -0.459 e. The maximum Gasteiger partial charge on any atom is 0.310 e. The van der Waals surface area contributed by atoms with Gasteiger partial charge in [-0.25, -0.2) is 0 Å². The predicted molar refractivity (Wildman–Crippen MR) is 83.9 cm³/mol. The lowest BCUT2D eigenvalue weighted by Gasteiger charge is -2.55. The molecular weight excluding hydrogens is 262 g/mol. The van der Waals surface area contributed by atoms with Gasteiger partial charge in [0.2, 0.25) is 0 Å². The Morgan fingerprint density at radius 1 is 1.10 bits per heavy atom. The van der Waals surface area contributed by atoms with Crippen LogP contribution in [0.3, 0.4) is 0 Å². The third-order valence-corrected chi connectivity index (χ3v) is 6.13. The van der Waals surface area contributed by atoms with E-state index >= 15 is 0 Å². The van der Waals surface area contributed by atoms with Crippen LogP contribution < -0.4 is 0 Å². The van der Waals surface area contributed by atoms with Crippen molar-refractivity contribution in [3.8, 4) is 0 Å². The van der Waals surface area contributed by atoms with Gasteiger partial charge < -0.3 is 9.64 Å². The molecule has 0 heterocycles. The Bertz CT molecular complexity index is 353. The van der Waals surface area contributed by atoms with E-state index in [0.717, 1.165) is 56.7 Å². The molecule has 3 heteroatoms. The smallest absolute Gasteiger partial charge is 0.310 e. The molecule has 0 N–H and O–H groups in total. The van der Waals surface area contributed by atoms with Crippen LogP contribution >= 0.6 is 0 Å². The van der Waals surface area contributed by atoms with E-state index in [9.17, 15) is 4.79 Å². The SMILES string of the molecule is CCN(CC)CC(C)C(=O)OC12CC3CC(CC(C3)C1)C2. The van der Waals surface area contributed by atoms with Crippen LogP contribution in [0.5, 0.6) is 0 Å². The van der Waals surface area contributed by atoms with Gasteiger partial charge in [0, 0.05) is 6.54 Å². The van der Waals surface area contributed by atoms with Gasteiger partial charge in [-0.2, -0.15) is 0 Å². The van der Waals surface area contributed by atoms with E-state index in [-0.39, 0.29) is 17.5 Å². The highest BCUT2D eigenvalue weighted by Gasteiger charge is 2.53. The fourth-order valence-corrected chi connectivity index (χ4v) is 5.41. The zero-order valence-corrected chi connectivity index (χ0v) is 13.9. The van der Waals surface area contributed by atoms with Crippen molar-refractivity contribution < 1.29 is 9.53 Å². The van der Waals surface area contributed by atoms with Crippen LogP contribution in [0, 0.1) is 23.7 Å². The summed E-state index contributed by atoms with van der Waals surface area (Å²) in [6, 6.07) is 0. The van der Waals surface area contributed by atoms with E-state index in [1.165, 1.54) is 19.3 Å². The van der Waals surface area contributed by atoms with Crippen LogP contribution in [0.4, 0.5) is 0 Å². The number of ether oxygens (including phenoxy) is 1. The van der Waals surface area contributed by atoms with Crippen molar-refractivity contribution in [2.45, 2.75) is 64.9 Å².